The van der Waals surface area contributed by atoms with Crippen LogP contribution >= 0.6 is 12.2 Å². The Morgan fingerprint density at radius 1 is 1.08 bits per heavy atom. The number of amides is 2. The van der Waals surface area contributed by atoms with Crippen molar-refractivity contribution in [2.24, 2.45) is 28.9 Å². The molecule has 0 aromatic heterocycles. The predicted molar refractivity (Wildman–Crippen MR) is 99.9 cm³/mol. The number of nitrogens with one attached hydrogen (secondary N) is 2. The van der Waals surface area contributed by atoms with E-state index >= 15 is 0 Å². The average molecular weight is 357 g/mol. The Bertz CT molecular complexity index is 711. The van der Waals surface area contributed by atoms with Crippen molar-refractivity contribution < 1.29 is 9.59 Å². The van der Waals surface area contributed by atoms with Crippen molar-refractivity contribution >= 4 is 34.8 Å². The first-order valence-corrected chi connectivity index (χ1v) is 9.37. The summed E-state index contributed by atoms with van der Waals surface area (Å²) < 4.78 is 0. The molecular formula is C19H23N3O2S. The van der Waals surface area contributed by atoms with Crippen LogP contribution in [0.1, 0.15) is 48.9 Å². The minimum absolute atomic E-state index is 0.0650. The first kappa shape index (κ1) is 16.5. The number of hydrogen-bond donors (Lipinski definition) is 3. The topological polar surface area (TPSA) is 84.2 Å². The van der Waals surface area contributed by atoms with Crippen LogP contribution in [0.2, 0.25) is 0 Å². The summed E-state index contributed by atoms with van der Waals surface area (Å²) >= 11 is 5.32. The van der Waals surface area contributed by atoms with E-state index in [-0.39, 0.29) is 16.4 Å². The third-order valence-corrected chi connectivity index (χ3v) is 6.36. The summed E-state index contributed by atoms with van der Waals surface area (Å²) in [5.74, 6) is 1.71. The number of benzene rings is 1. The van der Waals surface area contributed by atoms with Crippen LogP contribution in [-0.2, 0) is 4.79 Å². The van der Waals surface area contributed by atoms with Gasteiger partial charge in [-0.2, -0.15) is 0 Å². The van der Waals surface area contributed by atoms with Crippen molar-refractivity contribution in [3.63, 3.8) is 0 Å². The smallest absolute Gasteiger partial charge is 0.248 e. The number of rotatable bonds is 3. The predicted octanol–water partition coefficient (Wildman–Crippen LogP) is 2.81. The van der Waals surface area contributed by atoms with E-state index in [2.05, 4.69) is 10.6 Å². The van der Waals surface area contributed by atoms with Crippen molar-refractivity contribution in [1.82, 2.24) is 5.32 Å². The van der Waals surface area contributed by atoms with Crippen LogP contribution in [0.25, 0.3) is 0 Å². The molecule has 4 fully saturated rings. The summed E-state index contributed by atoms with van der Waals surface area (Å²) in [5.41, 5.74) is 6.12. The van der Waals surface area contributed by atoms with E-state index in [9.17, 15) is 9.59 Å². The zero-order chi connectivity index (χ0) is 17.6. The zero-order valence-electron chi connectivity index (χ0n) is 14.1. The highest BCUT2D eigenvalue weighted by Gasteiger charge is 2.54. The van der Waals surface area contributed by atoms with Crippen molar-refractivity contribution in [3.8, 4) is 0 Å². The summed E-state index contributed by atoms with van der Waals surface area (Å²) in [7, 11) is 0. The van der Waals surface area contributed by atoms with Crippen LogP contribution < -0.4 is 16.4 Å². The molecule has 0 radical (unpaired) electrons. The van der Waals surface area contributed by atoms with Crippen molar-refractivity contribution in [2.45, 2.75) is 38.5 Å². The lowest BCUT2D eigenvalue weighted by Crippen LogP contribution is -2.55. The van der Waals surface area contributed by atoms with E-state index < -0.39 is 5.91 Å². The second-order valence-corrected chi connectivity index (χ2v) is 8.46. The molecule has 1 aromatic rings. The van der Waals surface area contributed by atoms with Gasteiger partial charge in [0.05, 0.1) is 5.41 Å². The highest BCUT2D eigenvalue weighted by Crippen LogP contribution is 2.60. The first-order chi connectivity index (χ1) is 11.9. The molecule has 1 aromatic carbocycles. The number of anilines is 1. The highest BCUT2D eigenvalue weighted by molar-refractivity contribution is 7.80. The minimum Gasteiger partial charge on any atom is -0.366 e. The normalized spacial score (nSPS) is 32.2. The highest BCUT2D eigenvalue weighted by atomic mass is 32.1. The van der Waals surface area contributed by atoms with Gasteiger partial charge in [-0.3, -0.25) is 9.59 Å². The second kappa shape index (κ2) is 6.09. The zero-order valence-corrected chi connectivity index (χ0v) is 14.9. The molecule has 6 heteroatoms. The average Bonchev–Trinajstić information content (AvgIpc) is 2.53. The molecule has 0 unspecified atom stereocenters. The van der Waals surface area contributed by atoms with Gasteiger partial charge in [-0.15, -0.1) is 0 Å². The third kappa shape index (κ3) is 3.15. The fraction of sp³-hybridized carbons (Fsp3) is 0.526. The Morgan fingerprint density at radius 2 is 1.68 bits per heavy atom. The van der Waals surface area contributed by atoms with Crippen LogP contribution in [-0.4, -0.2) is 16.9 Å². The molecule has 4 saturated carbocycles. The molecule has 25 heavy (non-hydrogen) atoms. The van der Waals surface area contributed by atoms with E-state index in [0.29, 0.717) is 29.0 Å². The van der Waals surface area contributed by atoms with E-state index in [0.717, 1.165) is 19.3 Å². The van der Waals surface area contributed by atoms with Gasteiger partial charge in [-0.05, 0) is 86.7 Å². The summed E-state index contributed by atoms with van der Waals surface area (Å²) in [6.45, 7) is 0. The lowest BCUT2D eigenvalue weighted by molar-refractivity contribution is -0.144. The molecule has 4 N–H and O–H groups in total. The van der Waals surface area contributed by atoms with Gasteiger partial charge in [0, 0.05) is 11.3 Å². The lowest BCUT2D eigenvalue weighted by atomic mass is 9.49. The molecule has 4 aliphatic rings. The summed E-state index contributed by atoms with van der Waals surface area (Å²) in [6, 6.07) is 6.79. The molecule has 4 aliphatic carbocycles. The monoisotopic (exact) mass is 357 g/mol. The molecule has 0 heterocycles. The Hall–Kier alpha value is -1.95. The summed E-state index contributed by atoms with van der Waals surface area (Å²) in [4.78, 5) is 24.2. The van der Waals surface area contributed by atoms with E-state index in [4.69, 9.17) is 18.0 Å². The van der Waals surface area contributed by atoms with Crippen molar-refractivity contribution in [1.29, 1.82) is 0 Å². The Kier molecular flexibility index (Phi) is 4.02. The van der Waals surface area contributed by atoms with Crippen molar-refractivity contribution in [3.05, 3.63) is 29.8 Å². The van der Waals surface area contributed by atoms with Gasteiger partial charge in [0.15, 0.2) is 5.11 Å². The first-order valence-electron chi connectivity index (χ1n) is 8.96. The van der Waals surface area contributed by atoms with Crippen LogP contribution in [0, 0.1) is 23.2 Å². The van der Waals surface area contributed by atoms with Crippen LogP contribution in [0.5, 0.6) is 0 Å². The van der Waals surface area contributed by atoms with Gasteiger partial charge in [0.25, 0.3) is 0 Å². The molecule has 5 nitrogen and oxygen atoms in total. The number of thiocarbonyl (C=S) groups is 1. The van der Waals surface area contributed by atoms with Crippen LogP contribution in [0.15, 0.2) is 24.3 Å². The maximum atomic E-state index is 13.0. The maximum absolute atomic E-state index is 13.0. The number of carbonyl (C=O) groups excluding carboxylic acids is 2. The van der Waals surface area contributed by atoms with Crippen molar-refractivity contribution in [2.75, 3.05) is 5.32 Å². The molecule has 0 aliphatic heterocycles. The maximum Gasteiger partial charge on any atom is 0.248 e. The van der Waals surface area contributed by atoms with E-state index in [1.54, 1.807) is 24.3 Å². The molecule has 2 amide bonds. The van der Waals surface area contributed by atoms with Gasteiger partial charge in [-0.1, -0.05) is 6.07 Å². The van der Waals surface area contributed by atoms with Crippen LogP contribution in [0.3, 0.4) is 0 Å². The molecular weight excluding hydrogens is 334 g/mol. The van der Waals surface area contributed by atoms with Gasteiger partial charge in [-0.25, -0.2) is 0 Å². The Balaban J connectivity index is 1.42. The number of nitrogens with two attached hydrogens (primary N) is 1. The van der Waals surface area contributed by atoms with Gasteiger partial charge < -0.3 is 16.4 Å². The van der Waals surface area contributed by atoms with Crippen LogP contribution in [0.4, 0.5) is 5.69 Å². The number of hydrogen-bond acceptors (Lipinski definition) is 3. The molecule has 132 valence electrons. The van der Waals surface area contributed by atoms with Gasteiger partial charge >= 0.3 is 0 Å². The van der Waals surface area contributed by atoms with E-state index in [1.807, 2.05) is 0 Å². The standard InChI is InChI=1S/C19H23N3O2S/c20-16(23)14-2-1-3-15(7-14)21-18(25)22-17(24)19-8-11-4-12(9-19)6-13(5-11)10-19/h1-3,7,11-13H,4-6,8-10H2,(H2,20,23)(H2,21,22,24,25). The number of primary amides is 1. The molecule has 0 saturated heterocycles. The molecule has 5 rings (SSSR count). The van der Waals surface area contributed by atoms with E-state index in [1.165, 1.54) is 19.3 Å². The molecule has 4 bridgehead atoms. The number of carbonyl (C=O) groups is 2. The third-order valence-electron chi connectivity index (χ3n) is 6.15. The minimum atomic E-state index is -0.493. The van der Waals surface area contributed by atoms with Gasteiger partial charge in [0.2, 0.25) is 11.8 Å². The summed E-state index contributed by atoms with van der Waals surface area (Å²) in [5, 5.41) is 6.17. The fourth-order valence-electron chi connectivity index (χ4n) is 5.54. The quantitative estimate of drug-likeness (QED) is 0.726. The molecule has 0 spiro atoms. The Labute approximate surface area is 152 Å². The largest absolute Gasteiger partial charge is 0.366 e. The summed E-state index contributed by atoms with van der Waals surface area (Å²) in [6.07, 6.45) is 6.92. The Morgan fingerprint density at radius 3 is 2.24 bits per heavy atom. The molecule has 0 atom stereocenters. The lowest BCUT2D eigenvalue weighted by Gasteiger charge is -2.55. The SMILES string of the molecule is NC(=O)c1cccc(NC(=S)NC(=O)C23CC4CC(CC(C4)C2)C3)c1. The van der Waals surface area contributed by atoms with Gasteiger partial charge in [0.1, 0.15) is 0 Å². The fourth-order valence-corrected chi connectivity index (χ4v) is 5.75. The second-order valence-electron chi connectivity index (χ2n) is 8.05.